The zero-order valence-electron chi connectivity index (χ0n) is 12.7. The van der Waals surface area contributed by atoms with Gasteiger partial charge in [0.25, 0.3) is 0 Å². The minimum Gasteiger partial charge on any atom is -0.450 e. The number of hydrogen-bond acceptors (Lipinski definition) is 6. The van der Waals surface area contributed by atoms with Gasteiger partial charge < -0.3 is 10.1 Å². The third-order valence-electron chi connectivity index (χ3n) is 3.36. The molecule has 0 spiro atoms. The van der Waals surface area contributed by atoms with E-state index in [0.29, 0.717) is 4.47 Å². The van der Waals surface area contributed by atoms with Gasteiger partial charge in [-0.25, -0.2) is 26.4 Å². The molecule has 0 radical (unpaired) electrons. The Balaban J connectivity index is 2.18. The number of alkyl carbamates (subject to hydrolysis) is 1. The van der Waals surface area contributed by atoms with E-state index in [1.807, 2.05) is 0 Å². The van der Waals surface area contributed by atoms with Crippen LogP contribution >= 0.6 is 15.9 Å². The van der Waals surface area contributed by atoms with Crippen molar-refractivity contribution in [3.8, 4) is 0 Å². The Morgan fingerprint density at radius 3 is 2.42 bits per heavy atom. The van der Waals surface area contributed by atoms with Gasteiger partial charge in [-0.15, -0.1) is 0 Å². The lowest BCUT2D eigenvalue weighted by molar-refractivity contribution is 0.148. The van der Waals surface area contributed by atoms with E-state index in [2.05, 4.69) is 26.0 Å². The van der Waals surface area contributed by atoms with E-state index in [0.717, 1.165) is 0 Å². The van der Waals surface area contributed by atoms with Gasteiger partial charge in [0.1, 0.15) is 0 Å². The first-order valence-electron chi connectivity index (χ1n) is 7.04. The van der Waals surface area contributed by atoms with Gasteiger partial charge in [-0.1, -0.05) is 15.9 Å². The quantitative estimate of drug-likeness (QED) is 0.693. The van der Waals surface area contributed by atoms with E-state index >= 15 is 0 Å². The van der Waals surface area contributed by atoms with E-state index in [1.165, 1.54) is 12.1 Å². The van der Waals surface area contributed by atoms with Crippen LogP contribution in [0.1, 0.15) is 6.92 Å². The van der Waals surface area contributed by atoms with E-state index in [4.69, 9.17) is 4.74 Å². The number of benzene rings is 1. The predicted octanol–water partition coefficient (Wildman–Crippen LogP) is 0.639. The number of sulfone groups is 1. The Hall–Kier alpha value is -1.17. The Labute approximate surface area is 149 Å². The fraction of sp³-hybridized carbons (Fsp3) is 0.462. The van der Waals surface area contributed by atoms with Crippen LogP contribution in [0.2, 0.25) is 0 Å². The average Bonchev–Trinajstić information content (AvgIpc) is 2.72. The van der Waals surface area contributed by atoms with Crippen molar-refractivity contribution in [1.29, 1.82) is 0 Å². The first-order chi connectivity index (χ1) is 11.1. The van der Waals surface area contributed by atoms with Crippen LogP contribution in [0.15, 0.2) is 33.6 Å². The molecule has 0 aliphatic carbocycles. The van der Waals surface area contributed by atoms with E-state index in [9.17, 15) is 21.6 Å². The topological polar surface area (TPSA) is 119 Å². The molecule has 0 bridgehead atoms. The highest BCUT2D eigenvalue weighted by molar-refractivity contribution is 9.10. The molecule has 1 fully saturated rings. The summed E-state index contributed by atoms with van der Waals surface area (Å²) in [5, 5.41) is 2.39. The van der Waals surface area contributed by atoms with Crippen molar-refractivity contribution in [2.24, 2.45) is 0 Å². The summed E-state index contributed by atoms with van der Waals surface area (Å²) in [6.07, 6.45) is -0.785. The van der Waals surface area contributed by atoms with Gasteiger partial charge in [0.15, 0.2) is 9.84 Å². The van der Waals surface area contributed by atoms with Crippen molar-refractivity contribution in [3.63, 3.8) is 0 Å². The molecule has 8 nitrogen and oxygen atoms in total. The highest BCUT2D eigenvalue weighted by Gasteiger charge is 2.41. The van der Waals surface area contributed by atoms with Crippen LogP contribution < -0.4 is 10.0 Å². The summed E-state index contributed by atoms with van der Waals surface area (Å²) >= 11 is 3.21. The summed E-state index contributed by atoms with van der Waals surface area (Å²) in [5.41, 5.74) is 0. The normalized spacial score (nSPS) is 22.9. The maximum atomic E-state index is 12.4. The number of carbonyl (C=O) groups is 1. The lowest BCUT2D eigenvalue weighted by Gasteiger charge is -2.20. The average molecular weight is 441 g/mol. The van der Waals surface area contributed by atoms with Crippen LogP contribution in [-0.2, 0) is 24.6 Å². The molecule has 1 aliphatic rings. The van der Waals surface area contributed by atoms with Crippen molar-refractivity contribution in [2.45, 2.75) is 23.9 Å². The van der Waals surface area contributed by atoms with Gasteiger partial charge in [0.2, 0.25) is 10.0 Å². The van der Waals surface area contributed by atoms with Crippen LogP contribution in [0.4, 0.5) is 4.79 Å². The zero-order chi connectivity index (χ0) is 18.0. The second-order valence-electron chi connectivity index (χ2n) is 5.23. The first kappa shape index (κ1) is 19.2. The summed E-state index contributed by atoms with van der Waals surface area (Å²) in [4.78, 5) is 11.5. The van der Waals surface area contributed by atoms with Gasteiger partial charge in [0.05, 0.1) is 35.1 Å². The molecular weight excluding hydrogens is 424 g/mol. The molecule has 0 aromatic heterocycles. The van der Waals surface area contributed by atoms with E-state index in [1.54, 1.807) is 19.1 Å². The molecule has 1 heterocycles. The monoisotopic (exact) mass is 440 g/mol. The van der Waals surface area contributed by atoms with Crippen LogP contribution in [0, 0.1) is 0 Å². The molecule has 1 aliphatic heterocycles. The fourth-order valence-corrected chi connectivity index (χ4v) is 5.82. The fourth-order valence-electron chi connectivity index (χ4n) is 2.31. The highest BCUT2D eigenvalue weighted by Crippen LogP contribution is 2.18. The summed E-state index contributed by atoms with van der Waals surface area (Å²) in [5.74, 6) is -0.737. The number of rotatable bonds is 5. The standard InChI is InChI=1S/C13H17BrN2O6S2/c1-2-22-13(17)15-11-7-23(18,19)8-12(11)16-24(20,21)10-5-3-9(14)4-6-10/h3-6,11-12,16H,2,7-8H2,1H3,(H,15,17)/t11-,12-/m1/s1. The predicted molar refractivity (Wildman–Crippen MR) is 90.9 cm³/mol. The Bertz CT molecular complexity index is 807. The van der Waals surface area contributed by atoms with E-state index < -0.39 is 38.0 Å². The summed E-state index contributed by atoms with van der Waals surface area (Å²) in [6.45, 7) is 1.74. The summed E-state index contributed by atoms with van der Waals surface area (Å²) in [7, 11) is -7.39. The molecule has 1 aromatic rings. The number of carbonyl (C=O) groups excluding carboxylic acids is 1. The van der Waals surface area contributed by atoms with Crippen LogP contribution in [-0.4, -0.2) is 53.1 Å². The smallest absolute Gasteiger partial charge is 0.407 e. The largest absolute Gasteiger partial charge is 0.450 e. The Kier molecular flexibility index (Phi) is 5.89. The summed E-state index contributed by atoms with van der Waals surface area (Å²) in [6, 6.07) is 4.06. The molecule has 134 valence electrons. The van der Waals surface area contributed by atoms with Crippen LogP contribution in [0.5, 0.6) is 0 Å². The minimum absolute atomic E-state index is 0.00452. The SMILES string of the molecule is CCOC(=O)N[C@@H]1CS(=O)(=O)C[C@H]1NS(=O)(=O)c1ccc(Br)cc1. The Morgan fingerprint density at radius 2 is 1.83 bits per heavy atom. The highest BCUT2D eigenvalue weighted by atomic mass is 79.9. The molecule has 0 saturated carbocycles. The van der Waals surface area contributed by atoms with Crippen molar-refractivity contribution in [3.05, 3.63) is 28.7 Å². The van der Waals surface area contributed by atoms with Gasteiger partial charge in [-0.05, 0) is 31.2 Å². The van der Waals surface area contributed by atoms with Crippen molar-refractivity contribution < 1.29 is 26.4 Å². The van der Waals surface area contributed by atoms with Crippen molar-refractivity contribution in [2.75, 3.05) is 18.1 Å². The maximum Gasteiger partial charge on any atom is 0.407 e. The van der Waals surface area contributed by atoms with Crippen LogP contribution in [0.25, 0.3) is 0 Å². The number of halogens is 1. The Morgan fingerprint density at radius 1 is 1.25 bits per heavy atom. The van der Waals surface area contributed by atoms with Gasteiger partial charge in [-0.3, -0.25) is 0 Å². The molecule has 2 N–H and O–H groups in total. The maximum absolute atomic E-state index is 12.4. The van der Waals surface area contributed by atoms with Crippen LogP contribution in [0.3, 0.4) is 0 Å². The molecule has 1 saturated heterocycles. The zero-order valence-corrected chi connectivity index (χ0v) is 15.9. The second-order valence-corrected chi connectivity index (χ2v) is 10.0. The molecule has 24 heavy (non-hydrogen) atoms. The molecule has 1 amide bonds. The molecule has 11 heteroatoms. The number of sulfonamides is 1. The summed E-state index contributed by atoms with van der Waals surface area (Å²) < 4.78 is 56.2. The molecule has 2 rings (SSSR count). The van der Waals surface area contributed by atoms with E-state index in [-0.39, 0.29) is 23.0 Å². The van der Waals surface area contributed by atoms with Gasteiger partial charge in [-0.2, -0.15) is 0 Å². The molecule has 1 aromatic carbocycles. The third-order valence-corrected chi connectivity index (χ3v) is 7.13. The first-order valence-corrected chi connectivity index (χ1v) is 11.1. The number of ether oxygens (including phenoxy) is 1. The molecule has 0 unspecified atom stereocenters. The minimum atomic E-state index is -3.92. The number of hydrogen-bond donors (Lipinski definition) is 2. The van der Waals surface area contributed by atoms with Gasteiger partial charge in [0, 0.05) is 4.47 Å². The molecular formula is C13H17BrN2O6S2. The van der Waals surface area contributed by atoms with Gasteiger partial charge >= 0.3 is 6.09 Å². The second kappa shape index (κ2) is 7.38. The lowest BCUT2D eigenvalue weighted by Crippen LogP contribution is -2.50. The third kappa shape index (κ3) is 4.91. The lowest BCUT2D eigenvalue weighted by atomic mass is 10.2. The van der Waals surface area contributed by atoms with Crippen molar-refractivity contribution in [1.82, 2.24) is 10.0 Å². The molecule has 2 atom stereocenters. The number of amides is 1. The van der Waals surface area contributed by atoms with Crippen molar-refractivity contribution >= 4 is 41.9 Å². The number of nitrogens with one attached hydrogen (secondary N) is 2.